The molecule has 3 heterocycles. The van der Waals surface area contributed by atoms with Crippen molar-refractivity contribution in [2.45, 2.75) is 31.7 Å². The van der Waals surface area contributed by atoms with Gasteiger partial charge in [-0.15, -0.1) is 0 Å². The molecule has 0 N–H and O–H groups in total. The first kappa shape index (κ1) is 18.1. The first-order chi connectivity index (χ1) is 12.5. The Morgan fingerprint density at radius 2 is 1.81 bits per heavy atom. The SMILES string of the molecule is C[C@@H](Cc1ccc2c(c1)OCO2)CN1CCN(C)C2(CCN(C)CC2)C1. The van der Waals surface area contributed by atoms with Gasteiger partial charge in [0, 0.05) is 31.7 Å². The van der Waals surface area contributed by atoms with Crippen molar-refractivity contribution in [3.8, 4) is 11.5 Å². The molecular formula is C21H33N3O2. The molecule has 1 aromatic rings. The highest BCUT2D eigenvalue weighted by Crippen LogP contribution is 2.34. The van der Waals surface area contributed by atoms with Crippen LogP contribution in [0.4, 0.5) is 0 Å². The normalized spacial score (nSPS) is 24.9. The number of ether oxygens (including phenoxy) is 2. The quantitative estimate of drug-likeness (QED) is 0.823. The molecule has 2 saturated heterocycles. The van der Waals surface area contributed by atoms with E-state index in [9.17, 15) is 0 Å². The number of hydrogen-bond donors (Lipinski definition) is 0. The number of benzene rings is 1. The highest BCUT2D eigenvalue weighted by Gasteiger charge is 2.41. The zero-order valence-electron chi connectivity index (χ0n) is 16.5. The van der Waals surface area contributed by atoms with Gasteiger partial charge in [0.25, 0.3) is 0 Å². The lowest BCUT2D eigenvalue weighted by Crippen LogP contribution is -2.64. The Labute approximate surface area is 157 Å². The maximum Gasteiger partial charge on any atom is 0.231 e. The smallest absolute Gasteiger partial charge is 0.231 e. The molecule has 0 saturated carbocycles. The summed E-state index contributed by atoms with van der Waals surface area (Å²) >= 11 is 0. The van der Waals surface area contributed by atoms with Gasteiger partial charge in [0.05, 0.1) is 0 Å². The van der Waals surface area contributed by atoms with Crippen molar-refractivity contribution in [2.75, 3.05) is 60.2 Å². The van der Waals surface area contributed by atoms with Crippen molar-refractivity contribution in [3.05, 3.63) is 23.8 Å². The highest BCUT2D eigenvalue weighted by molar-refractivity contribution is 5.44. The average Bonchev–Trinajstić information content (AvgIpc) is 3.08. The summed E-state index contributed by atoms with van der Waals surface area (Å²) in [5.41, 5.74) is 1.74. The molecule has 4 rings (SSSR count). The summed E-state index contributed by atoms with van der Waals surface area (Å²) in [6.07, 6.45) is 3.69. The van der Waals surface area contributed by atoms with Gasteiger partial charge >= 0.3 is 0 Å². The topological polar surface area (TPSA) is 28.2 Å². The van der Waals surface area contributed by atoms with E-state index in [2.05, 4.69) is 47.9 Å². The van der Waals surface area contributed by atoms with Crippen LogP contribution in [0.5, 0.6) is 11.5 Å². The van der Waals surface area contributed by atoms with Gasteiger partial charge in [0.2, 0.25) is 6.79 Å². The lowest BCUT2D eigenvalue weighted by atomic mass is 9.83. The molecule has 2 fully saturated rings. The zero-order valence-corrected chi connectivity index (χ0v) is 16.5. The van der Waals surface area contributed by atoms with Crippen molar-refractivity contribution in [3.63, 3.8) is 0 Å². The van der Waals surface area contributed by atoms with E-state index in [1.54, 1.807) is 0 Å². The largest absolute Gasteiger partial charge is 0.454 e. The van der Waals surface area contributed by atoms with Gasteiger partial charge in [-0.25, -0.2) is 0 Å². The Hall–Kier alpha value is -1.30. The second-order valence-electron chi connectivity index (χ2n) is 8.68. The van der Waals surface area contributed by atoms with Crippen LogP contribution in [0.25, 0.3) is 0 Å². The third kappa shape index (κ3) is 3.71. The number of piperazine rings is 1. The number of rotatable bonds is 4. The van der Waals surface area contributed by atoms with Crippen LogP contribution in [-0.2, 0) is 6.42 Å². The molecule has 3 aliphatic rings. The number of hydrogen-bond acceptors (Lipinski definition) is 5. The van der Waals surface area contributed by atoms with E-state index < -0.39 is 0 Å². The Morgan fingerprint density at radius 3 is 2.62 bits per heavy atom. The Bertz CT molecular complexity index is 628. The van der Waals surface area contributed by atoms with Gasteiger partial charge in [-0.2, -0.15) is 0 Å². The first-order valence-electron chi connectivity index (χ1n) is 10.0. The van der Waals surface area contributed by atoms with Crippen LogP contribution in [0.1, 0.15) is 25.3 Å². The molecule has 1 aromatic carbocycles. The second kappa shape index (κ2) is 7.37. The van der Waals surface area contributed by atoms with Gasteiger partial charge in [0.1, 0.15) is 0 Å². The van der Waals surface area contributed by atoms with Crippen LogP contribution in [0.15, 0.2) is 18.2 Å². The fraction of sp³-hybridized carbons (Fsp3) is 0.714. The Kier molecular flexibility index (Phi) is 5.13. The maximum absolute atomic E-state index is 5.52. The lowest BCUT2D eigenvalue weighted by molar-refractivity contribution is -0.0267. The fourth-order valence-corrected chi connectivity index (χ4v) is 4.85. The standard InChI is InChI=1S/C21H33N3O2/c1-17(12-18-4-5-19-20(13-18)26-16-25-19)14-24-11-10-23(3)21(15-24)6-8-22(2)9-7-21/h4-5,13,17H,6-12,14-16H2,1-3H3/t17-/m0/s1. The average molecular weight is 360 g/mol. The van der Waals surface area contributed by atoms with Crippen LogP contribution in [0, 0.1) is 5.92 Å². The highest BCUT2D eigenvalue weighted by atomic mass is 16.7. The summed E-state index contributed by atoms with van der Waals surface area (Å²) in [5, 5.41) is 0. The van der Waals surface area contributed by atoms with E-state index in [0.29, 0.717) is 18.2 Å². The molecule has 0 aliphatic carbocycles. The molecule has 1 spiro atoms. The molecule has 0 amide bonds. The molecule has 0 bridgehead atoms. The van der Waals surface area contributed by atoms with E-state index in [1.165, 1.54) is 57.7 Å². The number of nitrogens with zero attached hydrogens (tertiary/aromatic N) is 3. The van der Waals surface area contributed by atoms with Crippen molar-refractivity contribution in [2.24, 2.45) is 5.92 Å². The van der Waals surface area contributed by atoms with Crippen molar-refractivity contribution < 1.29 is 9.47 Å². The summed E-state index contributed by atoms with van der Waals surface area (Å²) in [6.45, 7) is 9.98. The molecule has 0 radical (unpaired) electrons. The summed E-state index contributed by atoms with van der Waals surface area (Å²) in [6, 6.07) is 6.39. The van der Waals surface area contributed by atoms with Crippen molar-refractivity contribution in [1.29, 1.82) is 0 Å². The minimum absolute atomic E-state index is 0.354. The maximum atomic E-state index is 5.52. The van der Waals surface area contributed by atoms with Crippen molar-refractivity contribution >= 4 is 0 Å². The van der Waals surface area contributed by atoms with Crippen LogP contribution in [0.3, 0.4) is 0 Å². The van der Waals surface area contributed by atoms with E-state index >= 15 is 0 Å². The minimum Gasteiger partial charge on any atom is -0.454 e. The van der Waals surface area contributed by atoms with Gasteiger partial charge in [-0.1, -0.05) is 13.0 Å². The van der Waals surface area contributed by atoms with Crippen molar-refractivity contribution in [1.82, 2.24) is 14.7 Å². The van der Waals surface area contributed by atoms with Gasteiger partial charge in [0.15, 0.2) is 11.5 Å². The molecule has 5 nitrogen and oxygen atoms in total. The number of piperidine rings is 1. The monoisotopic (exact) mass is 359 g/mol. The third-order valence-electron chi connectivity index (χ3n) is 6.59. The molecule has 144 valence electrons. The van der Waals surface area contributed by atoms with E-state index in [1.807, 2.05) is 6.07 Å². The van der Waals surface area contributed by atoms with Crippen LogP contribution in [0.2, 0.25) is 0 Å². The molecule has 0 unspecified atom stereocenters. The van der Waals surface area contributed by atoms with Crippen LogP contribution < -0.4 is 9.47 Å². The van der Waals surface area contributed by atoms with Gasteiger partial charge < -0.3 is 14.4 Å². The van der Waals surface area contributed by atoms with E-state index in [-0.39, 0.29) is 0 Å². The third-order valence-corrected chi connectivity index (χ3v) is 6.59. The van der Waals surface area contributed by atoms with Gasteiger partial charge in [-0.05, 0) is 70.1 Å². The van der Waals surface area contributed by atoms with Crippen LogP contribution >= 0.6 is 0 Å². The number of fused-ring (bicyclic) bond motifs is 1. The van der Waals surface area contributed by atoms with Gasteiger partial charge in [-0.3, -0.25) is 9.80 Å². The summed E-state index contributed by atoms with van der Waals surface area (Å²) in [7, 11) is 4.58. The minimum atomic E-state index is 0.354. The predicted molar refractivity (Wildman–Crippen MR) is 104 cm³/mol. The molecule has 26 heavy (non-hydrogen) atoms. The number of likely N-dealkylation sites (N-methyl/N-ethyl adjacent to an activating group) is 1. The first-order valence-corrected chi connectivity index (χ1v) is 10.0. The van der Waals surface area contributed by atoms with E-state index in [0.717, 1.165) is 17.9 Å². The molecular weight excluding hydrogens is 326 g/mol. The van der Waals surface area contributed by atoms with E-state index in [4.69, 9.17) is 9.47 Å². The molecule has 3 aliphatic heterocycles. The fourth-order valence-electron chi connectivity index (χ4n) is 4.85. The number of likely N-dealkylation sites (tertiary alicyclic amines) is 1. The Morgan fingerprint density at radius 1 is 1.04 bits per heavy atom. The second-order valence-corrected chi connectivity index (χ2v) is 8.68. The van der Waals surface area contributed by atoms with Crippen LogP contribution in [-0.4, -0.2) is 80.4 Å². The molecule has 0 aromatic heterocycles. The summed E-state index contributed by atoms with van der Waals surface area (Å²) in [5.74, 6) is 2.42. The predicted octanol–water partition coefficient (Wildman–Crippen LogP) is 2.31. The zero-order chi connectivity index (χ0) is 18.1. The lowest BCUT2D eigenvalue weighted by Gasteiger charge is -2.53. The summed E-state index contributed by atoms with van der Waals surface area (Å²) in [4.78, 5) is 7.82. The Balaban J connectivity index is 1.34. The molecule has 1 atom stereocenters. The summed E-state index contributed by atoms with van der Waals surface area (Å²) < 4.78 is 10.9. The molecule has 5 heteroatoms.